The van der Waals surface area contributed by atoms with Gasteiger partial charge < -0.3 is 9.84 Å². The van der Waals surface area contributed by atoms with Crippen molar-refractivity contribution in [3.8, 4) is 5.75 Å². The van der Waals surface area contributed by atoms with E-state index in [9.17, 15) is 9.59 Å². The molecule has 2 aromatic carbocycles. The minimum Gasteiger partial charge on any atom is -0.481 e. The molecule has 0 fully saturated rings. The van der Waals surface area contributed by atoms with Gasteiger partial charge in [0.25, 0.3) is 0 Å². The van der Waals surface area contributed by atoms with Crippen LogP contribution >= 0.6 is 23.5 Å². The summed E-state index contributed by atoms with van der Waals surface area (Å²) in [5.74, 6) is -0.973. The van der Waals surface area contributed by atoms with Crippen molar-refractivity contribution in [3.05, 3.63) is 52.6 Å². The number of aliphatic carboxylic acids is 1. The number of ether oxygens (including phenoxy) is 1. The van der Waals surface area contributed by atoms with E-state index in [1.54, 1.807) is 0 Å². The molecular formula is C35H52O4S2. The molecular weight excluding hydrogens is 549 g/mol. The number of hydrogen-bond acceptors (Lipinski definition) is 5. The molecule has 0 bridgehead atoms. The van der Waals surface area contributed by atoms with Crippen molar-refractivity contribution in [3.63, 3.8) is 0 Å². The van der Waals surface area contributed by atoms with Gasteiger partial charge in [0.1, 0.15) is 5.75 Å². The van der Waals surface area contributed by atoms with Crippen molar-refractivity contribution in [1.82, 2.24) is 0 Å². The fourth-order valence-electron chi connectivity index (χ4n) is 4.37. The Bertz CT molecular complexity index is 1200. The van der Waals surface area contributed by atoms with Crippen LogP contribution in [-0.2, 0) is 31.2 Å². The molecule has 6 heteroatoms. The molecule has 0 aromatic heterocycles. The van der Waals surface area contributed by atoms with Gasteiger partial charge in [-0.25, -0.2) is 0 Å². The summed E-state index contributed by atoms with van der Waals surface area (Å²) >= 11 is 3.69. The first-order valence-corrected chi connectivity index (χ1v) is 16.1. The maximum Gasteiger partial charge on any atom is 0.311 e. The summed E-state index contributed by atoms with van der Waals surface area (Å²) in [5.41, 5.74) is 4.09. The van der Waals surface area contributed by atoms with Crippen LogP contribution in [0.1, 0.15) is 132 Å². The van der Waals surface area contributed by atoms with Gasteiger partial charge in [0, 0.05) is 20.9 Å². The van der Waals surface area contributed by atoms with Gasteiger partial charge in [0.2, 0.25) is 0 Å². The van der Waals surface area contributed by atoms with Gasteiger partial charge in [-0.05, 0) is 70.9 Å². The molecule has 1 N–H and O–H groups in total. The zero-order chi connectivity index (χ0) is 31.8. The zero-order valence-electron chi connectivity index (χ0n) is 27.8. The monoisotopic (exact) mass is 600 g/mol. The molecule has 0 atom stereocenters. The summed E-state index contributed by atoms with van der Waals surface area (Å²) in [5, 5.41) is 9.04. The predicted molar refractivity (Wildman–Crippen MR) is 176 cm³/mol. The van der Waals surface area contributed by atoms with Crippen molar-refractivity contribution < 1.29 is 19.4 Å². The molecule has 2 aromatic rings. The Morgan fingerprint density at radius 2 is 1.00 bits per heavy atom. The van der Waals surface area contributed by atoms with Gasteiger partial charge in [-0.3, -0.25) is 9.59 Å². The van der Waals surface area contributed by atoms with Gasteiger partial charge in [-0.2, -0.15) is 0 Å². The molecule has 0 saturated heterocycles. The van der Waals surface area contributed by atoms with Crippen LogP contribution < -0.4 is 4.74 Å². The first-order chi connectivity index (χ1) is 18.3. The average Bonchev–Trinajstić information content (AvgIpc) is 2.75. The van der Waals surface area contributed by atoms with Crippen LogP contribution in [-0.4, -0.2) is 21.1 Å². The van der Waals surface area contributed by atoms with Gasteiger partial charge in [0.15, 0.2) is 0 Å². The van der Waals surface area contributed by atoms with Crippen LogP contribution in [0.15, 0.2) is 40.1 Å². The Morgan fingerprint density at radius 3 is 1.34 bits per heavy atom. The molecule has 0 spiro atoms. The SMILES string of the molecule is CC(C)(Sc1cc(C(C)(C)C)cc(C(C)(C)C)c1)Sc1cc(C(C)(C)C)c(OC(=O)CCC(=O)O)c(C(C)(C)C)c1. The third-order valence-electron chi connectivity index (χ3n) is 6.80. The highest BCUT2D eigenvalue weighted by Gasteiger charge is 2.32. The van der Waals surface area contributed by atoms with E-state index in [0.29, 0.717) is 5.75 Å². The maximum atomic E-state index is 12.7. The van der Waals surface area contributed by atoms with E-state index in [0.717, 1.165) is 16.0 Å². The fourth-order valence-corrected chi connectivity index (χ4v) is 6.98. The predicted octanol–water partition coefficient (Wildman–Crippen LogP) is 10.3. The number of carboxylic acid groups (broad SMARTS) is 1. The third-order valence-corrected chi connectivity index (χ3v) is 9.23. The Balaban J connectivity index is 2.58. The first kappa shape index (κ1) is 35.3. The van der Waals surface area contributed by atoms with Crippen molar-refractivity contribution in [2.75, 3.05) is 0 Å². The zero-order valence-corrected chi connectivity index (χ0v) is 29.4. The molecule has 228 valence electrons. The van der Waals surface area contributed by atoms with E-state index in [-0.39, 0.29) is 38.6 Å². The van der Waals surface area contributed by atoms with Crippen LogP contribution in [0.3, 0.4) is 0 Å². The molecule has 41 heavy (non-hydrogen) atoms. The van der Waals surface area contributed by atoms with E-state index in [4.69, 9.17) is 9.84 Å². The summed E-state index contributed by atoms with van der Waals surface area (Å²) in [6.07, 6.45) is -0.409. The Kier molecular flexibility index (Phi) is 10.6. The van der Waals surface area contributed by atoms with Crippen LogP contribution in [0.2, 0.25) is 0 Å². The minimum absolute atomic E-state index is 0.0504. The number of carbonyl (C=O) groups excluding carboxylic acids is 1. The lowest BCUT2D eigenvalue weighted by Crippen LogP contribution is -2.22. The number of thioether (sulfide) groups is 2. The number of carbonyl (C=O) groups is 2. The minimum atomic E-state index is -1.01. The summed E-state index contributed by atoms with van der Waals surface area (Å²) in [4.78, 5) is 26.1. The largest absolute Gasteiger partial charge is 0.481 e. The second-order valence-electron chi connectivity index (χ2n) is 15.6. The van der Waals surface area contributed by atoms with E-state index >= 15 is 0 Å². The lowest BCUT2D eigenvalue weighted by atomic mass is 9.79. The molecule has 0 aliphatic carbocycles. The highest BCUT2D eigenvalue weighted by Crippen LogP contribution is 2.50. The van der Waals surface area contributed by atoms with Crippen molar-refractivity contribution >= 4 is 35.5 Å². The molecule has 2 rings (SSSR count). The van der Waals surface area contributed by atoms with Gasteiger partial charge in [-0.1, -0.05) is 89.2 Å². The second-order valence-corrected chi connectivity index (χ2v) is 19.2. The van der Waals surface area contributed by atoms with Crippen LogP contribution in [0.5, 0.6) is 5.75 Å². The number of carboxylic acids is 1. The highest BCUT2D eigenvalue weighted by atomic mass is 32.2. The highest BCUT2D eigenvalue weighted by molar-refractivity contribution is 8.18. The smallest absolute Gasteiger partial charge is 0.311 e. The maximum absolute atomic E-state index is 12.7. The molecule has 0 aliphatic rings. The molecule has 0 saturated carbocycles. The first-order valence-electron chi connectivity index (χ1n) is 14.5. The fraction of sp³-hybridized carbons (Fsp3) is 0.600. The van der Waals surface area contributed by atoms with Gasteiger partial charge >= 0.3 is 11.9 Å². The number of hydrogen-bond donors (Lipinski definition) is 1. The van der Waals surface area contributed by atoms with E-state index in [1.807, 2.05) is 23.5 Å². The van der Waals surface area contributed by atoms with Crippen molar-refractivity contribution in [2.45, 2.75) is 145 Å². The summed E-state index contributed by atoms with van der Waals surface area (Å²) < 4.78 is 5.75. The van der Waals surface area contributed by atoms with Crippen molar-refractivity contribution in [1.29, 1.82) is 0 Å². The molecule has 0 unspecified atom stereocenters. The van der Waals surface area contributed by atoms with E-state index in [2.05, 4.69) is 127 Å². The van der Waals surface area contributed by atoms with Gasteiger partial charge in [-0.15, -0.1) is 23.5 Å². The Hall–Kier alpha value is -1.92. The normalized spacial score (nSPS) is 13.3. The molecule has 0 radical (unpaired) electrons. The molecule has 0 aliphatic heterocycles. The quantitative estimate of drug-likeness (QED) is 0.141. The van der Waals surface area contributed by atoms with Crippen molar-refractivity contribution in [2.24, 2.45) is 0 Å². The topological polar surface area (TPSA) is 63.6 Å². The Labute approximate surface area is 257 Å². The van der Waals surface area contributed by atoms with Crippen LogP contribution in [0.4, 0.5) is 0 Å². The lowest BCUT2D eigenvalue weighted by Gasteiger charge is -2.32. The molecule has 0 heterocycles. The second kappa shape index (κ2) is 12.4. The standard InChI is InChI=1S/C35H52O4S2/c1-31(2,3)22-17-23(32(4,5)6)19-24(18-22)40-35(13,14)41-25-20-26(33(7,8)9)30(27(21-25)34(10,11)12)39-29(38)16-15-28(36)37/h17-21H,15-16H2,1-14H3,(H,36,37). The summed E-state index contributed by atoms with van der Waals surface area (Å²) in [7, 11) is 0. The summed E-state index contributed by atoms with van der Waals surface area (Å²) in [6.45, 7) is 30.8. The third kappa shape index (κ3) is 10.4. The summed E-state index contributed by atoms with van der Waals surface area (Å²) in [6, 6.07) is 11.3. The number of rotatable bonds is 8. The lowest BCUT2D eigenvalue weighted by molar-refractivity contribution is -0.142. The number of benzene rings is 2. The Morgan fingerprint density at radius 1 is 0.610 bits per heavy atom. The molecule has 4 nitrogen and oxygen atoms in total. The molecule has 0 amide bonds. The number of esters is 1. The average molecular weight is 601 g/mol. The van der Waals surface area contributed by atoms with E-state index in [1.165, 1.54) is 16.0 Å². The van der Waals surface area contributed by atoms with E-state index < -0.39 is 11.9 Å². The van der Waals surface area contributed by atoms with Crippen LogP contribution in [0, 0.1) is 0 Å². The van der Waals surface area contributed by atoms with Gasteiger partial charge in [0.05, 0.1) is 16.9 Å². The van der Waals surface area contributed by atoms with Crippen LogP contribution in [0.25, 0.3) is 0 Å².